The number of halogens is 1. The van der Waals surface area contributed by atoms with Crippen molar-refractivity contribution in [3.8, 4) is 0 Å². The van der Waals surface area contributed by atoms with Crippen molar-refractivity contribution in [2.75, 3.05) is 12.3 Å². The third-order valence-electron chi connectivity index (χ3n) is 1.94. The Balaban J connectivity index is 2.15. The molecule has 0 aliphatic rings. The summed E-state index contributed by atoms with van der Waals surface area (Å²) < 4.78 is 0. The maximum absolute atomic E-state index is 5.90. The lowest BCUT2D eigenvalue weighted by atomic mass is 10.4. The van der Waals surface area contributed by atoms with Crippen LogP contribution in [0, 0.1) is 0 Å². The van der Waals surface area contributed by atoms with Gasteiger partial charge in [-0.15, -0.1) is 11.8 Å². The average molecular weight is 244 g/mol. The molecule has 0 saturated heterocycles. The molecule has 0 radical (unpaired) electrons. The Morgan fingerprint density at radius 1 is 1.40 bits per heavy atom. The van der Waals surface area contributed by atoms with Crippen LogP contribution in [0.1, 0.15) is 20.3 Å². The van der Waals surface area contributed by atoms with Crippen molar-refractivity contribution in [1.29, 1.82) is 0 Å². The van der Waals surface area contributed by atoms with Crippen LogP contribution >= 0.6 is 23.4 Å². The summed E-state index contributed by atoms with van der Waals surface area (Å²) in [4.78, 5) is 1.26. The zero-order valence-corrected chi connectivity index (χ0v) is 10.9. The van der Waals surface area contributed by atoms with Crippen molar-refractivity contribution in [2.24, 2.45) is 0 Å². The Morgan fingerprint density at radius 3 is 2.87 bits per heavy atom. The van der Waals surface area contributed by atoms with Crippen LogP contribution in [0.3, 0.4) is 0 Å². The van der Waals surface area contributed by atoms with Crippen molar-refractivity contribution in [1.82, 2.24) is 5.32 Å². The monoisotopic (exact) mass is 243 g/mol. The largest absolute Gasteiger partial charge is 0.315 e. The molecule has 0 unspecified atom stereocenters. The smallest absolute Gasteiger partial charge is 0.0417 e. The van der Waals surface area contributed by atoms with Crippen LogP contribution in [-0.2, 0) is 0 Å². The minimum Gasteiger partial charge on any atom is -0.315 e. The molecular formula is C12H18ClNS. The van der Waals surface area contributed by atoms with Gasteiger partial charge in [0.05, 0.1) is 0 Å². The van der Waals surface area contributed by atoms with Gasteiger partial charge >= 0.3 is 0 Å². The maximum Gasteiger partial charge on any atom is 0.0417 e. The number of hydrogen-bond acceptors (Lipinski definition) is 2. The van der Waals surface area contributed by atoms with E-state index in [1.807, 2.05) is 30.0 Å². The van der Waals surface area contributed by atoms with Gasteiger partial charge in [-0.05, 0) is 36.9 Å². The van der Waals surface area contributed by atoms with E-state index in [0.29, 0.717) is 6.04 Å². The van der Waals surface area contributed by atoms with E-state index in [4.69, 9.17) is 11.6 Å². The molecule has 15 heavy (non-hydrogen) atoms. The standard InChI is InChI=1S/C12H18ClNS/c1-10(2)14-7-4-8-15-12-6-3-5-11(13)9-12/h3,5-6,9-10,14H,4,7-8H2,1-2H3. The molecule has 0 saturated carbocycles. The highest BCUT2D eigenvalue weighted by Crippen LogP contribution is 2.21. The Hall–Kier alpha value is -0.180. The van der Waals surface area contributed by atoms with E-state index in [9.17, 15) is 0 Å². The van der Waals surface area contributed by atoms with Gasteiger partial charge in [0.2, 0.25) is 0 Å². The minimum absolute atomic E-state index is 0.584. The summed E-state index contributed by atoms with van der Waals surface area (Å²) in [5, 5.41) is 4.22. The predicted octanol–water partition coefficient (Wildman–Crippen LogP) is 3.82. The highest BCUT2D eigenvalue weighted by molar-refractivity contribution is 7.99. The van der Waals surface area contributed by atoms with Gasteiger partial charge in [-0.3, -0.25) is 0 Å². The normalized spacial score (nSPS) is 10.9. The zero-order valence-electron chi connectivity index (χ0n) is 9.29. The van der Waals surface area contributed by atoms with E-state index in [0.717, 1.165) is 17.3 Å². The first-order valence-electron chi connectivity index (χ1n) is 5.30. The molecule has 0 fully saturated rings. The van der Waals surface area contributed by atoms with Gasteiger partial charge in [0.15, 0.2) is 0 Å². The van der Waals surface area contributed by atoms with Gasteiger partial charge in [-0.1, -0.05) is 31.5 Å². The topological polar surface area (TPSA) is 12.0 Å². The molecule has 0 aromatic heterocycles. The second-order valence-corrected chi connectivity index (χ2v) is 5.37. The summed E-state index contributed by atoms with van der Waals surface area (Å²) >= 11 is 7.76. The van der Waals surface area contributed by atoms with Gasteiger partial charge in [0.1, 0.15) is 0 Å². The average Bonchev–Trinajstić information content (AvgIpc) is 2.17. The third-order valence-corrected chi connectivity index (χ3v) is 3.25. The fourth-order valence-electron chi connectivity index (χ4n) is 1.21. The first-order valence-corrected chi connectivity index (χ1v) is 6.66. The van der Waals surface area contributed by atoms with Gasteiger partial charge in [0.25, 0.3) is 0 Å². The molecular weight excluding hydrogens is 226 g/mol. The van der Waals surface area contributed by atoms with E-state index < -0.39 is 0 Å². The Bertz CT molecular complexity index is 289. The number of thioether (sulfide) groups is 1. The molecule has 1 nitrogen and oxygen atoms in total. The lowest BCUT2D eigenvalue weighted by Crippen LogP contribution is -2.23. The summed E-state index contributed by atoms with van der Waals surface area (Å²) in [6.07, 6.45) is 1.19. The second-order valence-electron chi connectivity index (χ2n) is 3.77. The zero-order chi connectivity index (χ0) is 11.1. The molecule has 1 aromatic rings. The highest BCUT2D eigenvalue weighted by atomic mass is 35.5. The van der Waals surface area contributed by atoms with E-state index in [2.05, 4.69) is 25.2 Å². The molecule has 0 heterocycles. The van der Waals surface area contributed by atoms with Crippen molar-refractivity contribution in [2.45, 2.75) is 31.2 Å². The fourth-order valence-corrected chi connectivity index (χ4v) is 2.37. The molecule has 1 rings (SSSR count). The predicted molar refractivity (Wildman–Crippen MR) is 69.9 cm³/mol. The molecule has 1 aromatic carbocycles. The molecule has 0 spiro atoms. The van der Waals surface area contributed by atoms with Crippen molar-refractivity contribution in [3.63, 3.8) is 0 Å². The van der Waals surface area contributed by atoms with Crippen LogP contribution in [0.5, 0.6) is 0 Å². The number of nitrogens with one attached hydrogen (secondary N) is 1. The van der Waals surface area contributed by atoms with Gasteiger partial charge in [-0.2, -0.15) is 0 Å². The van der Waals surface area contributed by atoms with Crippen molar-refractivity contribution < 1.29 is 0 Å². The lowest BCUT2D eigenvalue weighted by Gasteiger charge is -2.07. The number of benzene rings is 1. The Labute approximate surface area is 102 Å². The van der Waals surface area contributed by atoms with Crippen LogP contribution < -0.4 is 5.32 Å². The molecule has 0 bridgehead atoms. The Morgan fingerprint density at radius 2 is 2.20 bits per heavy atom. The lowest BCUT2D eigenvalue weighted by molar-refractivity contribution is 0.586. The Kier molecular flexibility index (Phi) is 6.15. The van der Waals surface area contributed by atoms with Crippen LogP contribution in [-0.4, -0.2) is 18.3 Å². The maximum atomic E-state index is 5.90. The highest BCUT2D eigenvalue weighted by Gasteiger charge is 1.96. The van der Waals surface area contributed by atoms with Crippen LogP contribution in [0.25, 0.3) is 0 Å². The molecule has 84 valence electrons. The molecule has 0 amide bonds. The SMILES string of the molecule is CC(C)NCCCSc1cccc(Cl)c1. The summed E-state index contributed by atoms with van der Waals surface area (Å²) in [5.74, 6) is 1.14. The summed E-state index contributed by atoms with van der Waals surface area (Å²) in [5.41, 5.74) is 0. The summed E-state index contributed by atoms with van der Waals surface area (Å²) in [7, 11) is 0. The van der Waals surface area contributed by atoms with Crippen LogP contribution in [0.4, 0.5) is 0 Å². The second kappa shape index (κ2) is 7.15. The summed E-state index contributed by atoms with van der Waals surface area (Å²) in [6.45, 7) is 5.43. The minimum atomic E-state index is 0.584. The van der Waals surface area contributed by atoms with Crippen molar-refractivity contribution >= 4 is 23.4 Å². The van der Waals surface area contributed by atoms with E-state index in [1.165, 1.54) is 11.3 Å². The third kappa shape index (κ3) is 6.08. The van der Waals surface area contributed by atoms with Crippen molar-refractivity contribution in [3.05, 3.63) is 29.3 Å². The number of rotatable bonds is 6. The first kappa shape index (κ1) is 12.9. The fraction of sp³-hybridized carbons (Fsp3) is 0.500. The molecule has 0 aliphatic heterocycles. The van der Waals surface area contributed by atoms with Gasteiger partial charge in [-0.25, -0.2) is 0 Å². The molecule has 0 atom stereocenters. The number of hydrogen-bond donors (Lipinski definition) is 1. The van der Waals surface area contributed by atoms with E-state index >= 15 is 0 Å². The first-order chi connectivity index (χ1) is 7.18. The van der Waals surface area contributed by atoms with E-state index in [-0.39, 0.29) is 0 Å². The van der Waals surface area contributed by atoms with E-state index in [1.54, 1.807) is 0 Å². The quantitative estimate of drug-likeness (QED) is 0.602. The molecule has 1 N–H and O–H groups in total. The van der Waals surface area contributed by atoms with Crippen LogP contribution in [0.15, 0.2) is 29.2 Å². The van der Waals surface area contributed by atoms with Crippen LogP contribution in [0.2, 0.25) is 5.02 Å². The molecule has 0 aliphatic carbocycles. The summed E-state index contributed by atoms with van der Waals surface area (Å²) in [6, 6.07) is 8.61. The van der Waals surface area contributed by atoms with Gasteiger partial charge < -0.3 is 5.32 Å². The van der Waals surface area contributed by atoms with Gasteiger partial charge in [0, 0.05) is 16.0 Å². The molecule has 3 heteroatoms.